The average Bonchev–Trinajstić information content (AvgIpc) is 2.28. The van der Waals surface area contributed by atoms with Crippen molar-refractivity contribution in [1.29, 1.82) is 0 Å². The van der Waals surface area contributed by atoms with Gasteiger partial charge in [-0.15, -0.1) is 0 Å². The Kier molecular flexibility index (Phi) is 13.1. The third kappa shape index (κ3) is 8.50. The molecule has 5 heteroatoms. The average molecular weight is 232 g/mol. The van der Waals surface area contributed by atoms with Gasteiger partial charge in [-0.2, -0.15) is 0 Å². The standard InChI is InChI=1S/C6H15O3Si.C4H5O/c1-5-6-10(7-2,8-3)9-4;1-2-3-4-5/h1,5-6H2,2-4H3;2-3H,1H3. The van der Waals surface area contributed by atoms with Gasteiger partial charge in [0.05, 0.1) is 0 Å². The fourth-order valence-electron chi connectivity index (χ4n) is 0.841. The smallest absolute Gasteiger partial charge is 0.377 e. The summed E-state index contributed by atoms with van der Waals surface area (Å²) in [6.45, 7) is 5.48. The molecular formula is C10H20O4Si. The highest BCUT2D eigenvalue weighted by Gasteiger charge is 2.36. The summed E-state index contributed by atoms with van der Waals surface area (Å²) < 4.78 is 15.4. The second kappa shape index (κ2) is 11.6. The van der Waals surface area contributed by atoms with E-state index in [1.54, 1.807) is 40.6 Å². The Hall–Kier alpha value is -0.493. The van der Waals surface area contributed by atoms with Gasteiger partial charge in [0.25, 0.3) is 0 Å². The lowest BCUT2D eigenvalue weighted by molar-refractivity contribution is 0.124. The van der Waals surface area contributed by atoms with Crippen molar-refractivity contribution in [1.82, 2.24) is 0 Å². The van der Waals surface area contributed by atoms with Crippen molar-refractivity contribution >= 4 is 15.1 Å². The van der Waals surface area contributed by atoms with Crippen molar-refractivity contribution in [2.24, 2.45) is 0 Å². The van der Waals surface area contributed by atoms with Gasteiger partial charge in [-0.1, -0.05) is 13.0 Å². The summed E-state index contributed by atoms with van der Waals surface area (Å²) in [6, 6.07) is 0.774. The van der Waals surface area contributed by atoms with Crippen LogP contribution < -0.4 is 0 Å². The summed E-state index contributed by atoms with van der Waals surface area (Å²) >= 11 is 0. The van der Waals surface area contributed by atoms with Crippen LogP contribution in [-0.4, -0.2) is 36.4 Å². The lowest BCUT2D eigenvalue weighted by atomic mass is 10.6. The fourth-order valence-corrected chi connectivity index (χ4v) is 2.39. The molecule has 0 rings (SSSR count). The molecule has 0 aliphatic heterocycles. The summed E-state index contributed by atoms with van der Waals surface area (Å²) in [5, 5.41) is 0. The Balaban J connectivity index is 0. The second-order valence-corrected chi connectivity index (χ2v) is 5.61. The quantitative estimate of drug-likeness (QED) is 0.517. The molecule has 0 unspecified atom stereocenters. The molecule has 0 fully saturated rings. The maximum atomic E-state index is 9.19. The highest BCUT2D eigenvalue weighted by atomic mass is 28.4. The molecule has 0 heterocycles. The first kappa shape index (κ1) is 16.9. The summed E-state index contributed by atoms with van der Waals surface area (Å²) in [5.41, 5.74) is 0. The van der Waals surface area contributed by atoms with Gasteiger partial charge in [0.15, 0.2) is 0 Å². The molecule has 0 saturated heterocycles. The van der Waals surface area contributed by atoms with E-state index >= 15 is 0 Å². The van der Waals surface area contributed by atoms with E-state index in [1.807, 2.05) is 0 Å². The largest absolute Gasteiger partial charge is 0.500 e. The van der Waals surface area contributed by atoms with Crippen LogP contribution in [-0.2, 0) is 18.1 Å². The molecule has 0 N–H and O–H groups in total. The first-order valence-electron chi connectivity index (χ1n) is 4.59. The minimum atomic E-state index is -2.28. The van der Waals surface area contributed by atoms with Crippen LogP contribution in [0.5, 0.6) is 0 Å². The van der Waals surface area contributed by atoms with E-state index in [-0.39, 0.29) is 0 Å². The van der Waals surface area contributed by atoms with E-state index in [9.17, 15) is 4.79 Å². The van der Waals surface area contributed by atoms with E-state index in [0.717, 1.165) is 12.5 Å². The highest BCUT2D eigenvalue weighted by molar-refractivity contribution is 6.60. The van der Waals surface area contributed by atoms with Crippen molar-refractivity contribution in [3.8, 4) is 0 Å². The van der Waals surface area contributed by atoms with E-state index in [2.05, 4.69) is 6.92 Å². The van der Waals surface area contributed by atoms with Gasteiger partial charge in [-0.25, -0.2) is 0 Å². The molecule has 0 aromatic carbocycles. The van der Waals surface area contributed by atoms with Crippen molar-refractivity contribution in [3.63, 3.8) is 0 Å². The molecule has 0 aromatic rings. The van der Waals surface area contributed by atoms with Crippen molar-refractivity contribution in [3.05, 3.63) is 19.1 Å². The minimum absolute atomic E-state index is 0.774. The van der Waals surface area contributed by atoms with E-state index in [0.29, 0.717) is 0 Å². The van der Waals surface area contributed by atoms with Crippen molar-refractivity contribution in [2.75, 3.05) is 21.3 Å². The number of allylic oxidation sites excluding steroid dienone is 2. The van der Waals surface area contributed by atoms with Crippen LogP contribution in [0.15, 0.2) is 12.2 Å². The Morgan fingerprint density at radius 2 is 1.73 bits per heavy atom. The maximum Gasteiger partial charge on any atom is 0.500 e. The number of carbonyl (C=O) groups excluding carboxylic acids is 1. The Bertz CT molecular complexity index is 159. The number of hydrogen-bond acceptors (Lipinski definition) is 4. The summed E-state index contributed by atoms with van der Waals surface area (Å²) in [4.78, 5) is 9.19. The molecule has 0 aliphatic carbocycles. The lowest BCUT2D eigenvalue weighted by Gasteiger charge is -2.23. The van der Waals surface area contributed by atoms with Crippen LogP contribution in [0.1, 0.15) is 13.3 Å². The summed E-state index contributed by atoms with van der Waals surface area (Å²) in [5.74, 6) is 0. The van der Waals surface area contributed by atoms with E-state index < -0.39 is 8.80 Å². The molecule has 0 aliphatic rings. The number of hydrogen-bond donors (Lipinski definition) is 0. The first-order chi connectivity index (χ1) is 7.16. The van der Waals surface area contributed by atoms with Gasteiger partial charge < -0.3 is 13.3 Å². The zero-order valence-electron chi connectivity index (χ0n) is 9.91. The lowest BCUT2D eigenvalue weighted by Crippen LogP contribution is -2.42. The molecule has 88 valence electrons. The molecule has 0 amide bonds. The number of rotatable bonds is 6. The predicted octanol–water partition coefficient (Wildman–Crippen LogP) is 1.76. The van der Waals surface area contributed by atoms with Gasteiger partial charge >= 0.3 is 8.80 Å². The maximum absolute atomic E-state index is 9.19. The normalized spacial score (nSPS) is 11.0. The fraction of sp³-hybridized carbons (Fsp3) is 0.600. The van der Waals surface area contributed by atoms with Crippen LogP contribution in [0, 0.1) is 6.92 Å². The van der Waals surface area contributed by atoms with Gasteiger partial charge in [0.1, 0.15) is 0 Å². The Labute approximate surface area is 93.6 Å². The summed E-state index contributed by atoms with van der Waals surface area (Å²) in [7, 11) is 2.54. The third-order valence-electron chi connectivity index (χ3n) is 1.65. The molecule has 0 saturated carbocycles. The van der Waals surface area contributed by atoms with Gasteiger partial charge in [-0.05, 0) is 19.4 Å². The van der Waals surface area contributed by atoms with E-state index in [1.165, 1.54) is 6.08 Å². The van der Waals surface area contributed by atoms with E-state index in [4.69, 9.17) is 13.3 Å². The molecule has 0 aromatic heterocycles. The first-order valence-corrected chi connectivity index (χ1v) is 6.53. The molecule has 4 nitrogen and oxygen atoms in total. The topological polar surface area (TPSA) is 44.8 Å². The predicted molar refractivity (Wildman–Crippen MR) is 62.1 cm³/mol. The molecule has 15 heavy (non-hydrogen) atoms. The molecule has 0 spiro atoms. The molecule has 0 atom stereocenters. The van der Waals surface area contributed by atoms with Gasteiger partial charge in [0, 0.05) is 27.4 Å². The molecular weight excluding hydrogens is 212 g/mol. The van der Waals surface area contributed by atoms with Crippen molar-refractivity contribution in [2.45, 2.75) is 19.4 Å². The molecule has 0 bridgehead atoms. The SMILES string of the molecule is CC=C[C]=O.[CH2]CC[Si](OC)(OC)OC. The Morgan fingerprint density at radius 1 is 1.27 bits per heavy atom. The monoisotopic (exact) mass is 232 g/mol. The highest BCUT2D eigenvalue weighted by Crippen LogP contribution is 2.13. The van der Waals surface area contributed by atoms with Crippen molar-refractivity contribution < 1.29 is 18.1 Å². The van der Waals surface area contributed by atoms with Crippen LogP contribution in [0.25, 0.3) is 0 Å². The third-order valence-corrected chi connectivity index (χ3v) is 4.48. The minimum Gasteiger partial charge on any atom is -0.377 e. The molecule has 2 radical (unpaired) electrons. The zero-order chi connectivity index (χ0) is 12.2. The zero-order valence-corrected chi connectivity index (χ0v) is 10.9. The second-order valence-electron chi connectivity index (χ2n) is 2.52. The van der Waals surface area contributed by atoms with Gasteiger partial charge in [-0.3, -0.25) is 4.79 Å². The Morgan fingerprint density at radius 3 is 1.80 bits per heavy atom. The summed E-state index contributed by atoms with van der Waals surface area (Å²) in [6.07, 6.45) is 5.32. The van der Waals surface area contributed by atoms with Crippen LogP contribution in [0.3, 0.4) is 0 Å². The van der Waals surface area contributed by atoms with Crippen LogP contribution in [0.2, 0.25) is 6.04 Å². The van der Waals surface area contributed by atoms with Gasteiger partial charge in [0.2, 0.25) is 6.29 Å². The van der Waals surface area contributed by atoms with Crippen LogP contribution >= 0.6 is 0 Å². The van der Waals surface area contributed by atoms with Crippen LogP contribution in [0.4, 0.5) is 0 Å².